The summed E-state index contributed by atoms with van der Waals surface area (Å²) in [6.45, 7) is 13.0. The van der Waals surface area contributed by atoms with Crippen molar-refractivity contribution in [2.24, 2.45) is 11.8 Å². The van der Waals surface area contributed by atoms with Crippen molar-refractivity contribution in [2.75, 3.05) is 0 Å². The van der Waals surface area contributed by atoms with E-state index >= 15 is 0 Å². The first-order valence-corrected chi connectivity index (χ1v) is 8.73. The molecule has 0 aromatic rings. The van der Waals surface area contributed by atoms with Gasteiger partial charge in [0.25, 0.3) is 0 Å². The van der Waals surface area contributed by atoms with E-state index in [-0.39, 0.29) is 0 Å². The van der Waals surface area contributed by atoms with Crippen LogP contribution in [0.4, 0.5) is 0 Å². The van der Waals surface area contributed by atoms with Crippen molar-refractivity contribution < 1.29 is 4.43 Å². The zero-order valence-electron chi connectivity index (χ0n) is 10.0. The fourth-order valence-corrected chi connectivity index (χ4v) is 3.59. The molecule has 0 aromatic carbocycles. The average Bonchev–Trinajstić information content (AvgIpc) is 2.01. The van der Waals surface area contributed by atoms with Crippen LogP contribution in [0.5, 0.6) is 0 Å². The van der Waals surface area contributed by atoms with Gasteiger partial charge in [-0.15, -0.1) is 6.58 Å². The second-order valence-electron chi connectivity index (χ2n) is 5.46. The van der Waals surface area contributed by atoms with E-state index in [2.05, 4.69) is 33.5 Å². The lowest BCUT2D eigenvalue weighted by molar-refractivity contribution is 0.0965. The Kier molecular flexibility index (Phi) is 3.96. The molecule has 0 bridgehead atoms. The summed E-state index contributed by atoms with van der Waals surface area (Å²) in [4.78, 5) is 0. The molecule has 1 aliphatic carbocycles. The van der Waals surface area contributed by atoms with Gasteiger partial charge in [-0.1, -0.05) is 19.5 Å². The first-order chi connectivity index (χ1) is 6.43. The Morgan fingerprint density at radius 1 is 1.14 bits per heavy atom. The van der Waals surface area contributed by atoms with Crippen LogP contribution < -0.4 is 0 Å². The van der Waals surface area contributed by atoms with Crippen LogP contribution in [0.1, 0.15) is 33.1 Å². The van der Waals surface area contributed by atoms with Crippen LogP contribution in [0.15, 0.2) is 12.3 Å². The molecule has 0 heterocycles. The summed E-state index contributed by atoms with van der Waals surface area (Å²) in [6, 6.07) is 0. The van der Waals surface area contributed by atoms with E-state index in [1.807, 2.05) is 5.70 Å². The number of rotatable bonds is 3. The molecule has 0 saturated heterocycles. The molecule has 0 N–H and O–H groups in total. The van der Waals surface area contributed by atoms with Gasteiger partial charge in [0.05, 0.1) is 0 Å². The van der Waals surface area contributed by atoms with Gasteiger partial charge in [0, 0.05) is 6.10 Å². The molecule has 2 heteroatoms. The summed E-state index contributed by atoms with van der Waals surface area (Å²) >= 11 is 0. The van der Waals surface area contributed by atoms with E-state index in [0.717, 1.165) is 11.8 Å². The number of hydrogen-bond donors (Lipinski definition) is 0. The third-order valence-corrected chi connectivity index (χ3v) is 5.02. The molecule has 1 fully saturated rings. The van der Waals surface area contributed by atoms with E-state index < -0.39 is 8.32 Å². The van der Waals surface area contributed by atoms with Gasteiger partial charge < -0.3 is 4.43 Å². The fraction of sp³-hybridized carbons (Fsp3) is 0.833. The summed E-state index contributed by atoms with van der Waals surface area (Å²) in [5, 5.41) is 0. The summed E-state index contributed by atoms with van der Waals surface area (Å²) in [5.41, 5.74) is 2.04. The lowest BCUT2D eigenvalue weighted by atomic mass is 9.82. The Balaban J connectivity index is 2.48. The van der Waals surface area contributed by atoms with Gasteiger partial charge in [-0.3, -0.25) is 0 Å². The minimum atomic E-state index is -1.56. The normalized spacial score (nSPS) is 34.1. The van der Waals surface area contributed by atoms with Gasteiger partial charge >= 0.3 is 0 Å². The van der Waals surface area contributed by atoms with Gasteiger partial charge in [-0.05, 0) is 44.2 Å². The van der Waals surface area contributed by atoms with Crippen molar-refractivity contribution in [1.29, 1.82) is 0 Å². The molecule has 0 aliphatic heterocycles. The molecule has 1 saturated carbocycles. The molecule has 1 rings (SSSR count). The van der Waals surface area contributed by atoms with Gasteiger partial charge in [0.2, 0.25) is 8.32 Å². The van der Waals surface area contributed by atoms with Gasteiger partial charge in [0.1, 0.15) is 0 Å². The van der Waals surface area contributed by atoms with Gasteiger partial charge in [0.15, 0.2) is 0 Å². The molecule has 0 spiro atoms. The summed E-state index contributed by atoms with van der Waals surface area (Å²) in [6.07, 6.45) is 4.35. The van der Waals surface area contributed by atoms with Crippen LogP contribution in [0.25, 0.3) is 0 Å². The third-order valence-electron chi connectivity index (χ3n) is 3.10. The quantitative estimate of drug-likeness (QED) is 0.647. The van der Waals surface area contributed by atoms with Gasteiger partial charge in [-0.25, -0.2) is 0 Å². The smallest absolute Gasteiger partial charge is 0.210 e. The summed E-state index contributed by atoms with van der Waals surface area (Å²) in [5.74, 6) is 1.66. The summed E-state index contributed by atoms with van der Waals surface area (Å²) in [7, 11) is -1.56. The molecule has 0 aromatic heterocycles. The highest BCUT2D eigenvalue weighted by atomic mass is 28.4. The number of hydrogen-bond acceptors (Lipinski definition) is 1. The van der Waals surface area contributed by atoms with Crippen molar-refractivity contribution >= 4 is 8.32 Å². The third kappa shape index (κ3) is 3.58. The topological polar surface area (TPSA) is 9.23 Å². The Hall–Kier alpha value is -0.0831. The summed E-state index contributed by atoms with van der Waals surface area (Å²) < 4.78 is 6.19. The van der Waals surface area contributed by atoms with E-state index in [1.54, 1.807) is 0 Å². The average molecular weight is 212 g/mol. The van der Waals surface area contributed by atoms with E-state index in [4.69, 9.17) is 4.43 Å². The van der Waals surface area contributed by atoms with Crippen molar-refractivity contribution in [1.82, 2.24) is 0 Å². The zero-order valence-corrected chi connectivity index (χ0v) is 11.0. The molecule has 2 atom stereocenters. The van der Waals surface area contributed by atoms with Gasteiger partial charge in [-0.2, -0.15) is 0 Å². The fourth-order valence-electron chi connectivity index (χ4n) is 2.45. The highest BCUT2D eigenvalue weighted by Gasteiger charge is 2.29. The highest BCUT2D eigenvalue weighted by Crippen LogP contribution is 2.31. The molecule has 0 radical (unpaired) electrons. The molecule has 0 amide bonds. The van der Waals surface area contributed by atoms with Crippen LogP contribution in [-0.4, -0.2) is 14.4 Å². The Bertz CT molecular complexity index is 190. The van der Waals surface area contributed by atoms with E-state index in [9.17, 15) is 0 Å². The van der Waals surface area contributed by atoms with Crippen molar-refractivity contribution in [2.45, 2.75) is 52.3 Å². The van der Waals surface area contributed by atoms with Crippen LogP contribution in [0.2, 0.25) is 13.1 Å². The molecule has 82 valence electrons. The van der Waals surface area contributed by atoms with Crippen molar-refractivity contribution in [3.63, 3.8) is 0 Å². The minimum absolute atomic E-state index is 0.494. The van der Waals surface area contributed by atoms with Crippen LogP contribution in [-0.2, 0) is 4.43 Å². The Labute approximate surface area is 89.7 Å². The SMILES string of the molecule is C=C[Si](C)(C)OC1CC(C)CC(C)C1. The molecule has 2 unspecified atom stereocenters. The minimum Gasteiger partial charge on any atom is -0.411 e. The maximum Gasteiger partial charge on any atom is 0.210 e. The molecule has 1 aliphatic rings. The monoisotopic (exact) mass is 212 g/mol. The predicted octanol–water partition coefficient (Wildman–Crippen LogP) is 3.76. The standard InChI is InChI=1S/C12H24OSi/c1-6-14(4,5)13-12-8-10(2)7-11(3)9-12/h6,10-12H,1,7-9H2,2-5H3. The van der Waals surface area contributed by atoms with Crippen LogP contribution in [0.3, 0.4) is 0 Å². The Morgan fingerprint density at radius 2 is 1.64 bits per heavy atom. The van der Waals surface area contributed by atoms with Crippen LogP contribution >= 0.6 is 0 Å². The maximum atomic E-state index is 6.19. The largest absolute Gasteiger partial charge is 0.411 e. The lowest BCUT2D eigenvalue weighted by Gasteiger charge is -2.35. The van der Waals surface area contributed by atoms with Crippen molar-refractivity contribution in [3.05, 3.63) is 12.3 Å². The van der Waals surface area contributed by atoms with Crippen LogP contribution in [0, 0.1) is 11.8 Å². The van der Waals surface area contributed by atoms with Crippen molar-refractivity contribution in [3.8, 4) is 0 Å². The second-order valence-corrected chi connectivity index (χ2v) is 9.32. The first-order valence-electron chi connectivity index (χ1n) is 5.74. The second kappa shape index (κ2) is 4.62. The predicted molar refractivity (Wildman–Crippen MR) is 64.7 cm³/mol. The molecular weight excluding hydrogens is 188 g/mol. The molecule has 1 nitrogen and oxygen atoms in total. The lowest BCUT2D eigenvalue weighted by Crippen LogP contribution is -2.37. The van der Waals surface area contributed by atoms with E-state index in [0.29, 0.717) is 6.10 Å². The maximum absolute atomic E-state index is 6.19. The molecular formula is C12H24OSi. The van der Waals surface area contributed by atoms with E-state index in [1.165, 1.54) is 19.3 Å². The highest BCUT2D eigenvalue weighted by molar-refractivity contribution is 6.76. The Morgan fingerprint density at radius 3 is 2.07 bits per heavy atom. The zero-order chi connectivity index (χ0) is 10.8. The first kappa shape index (κ1) is 12.0. The molecule has 14 heavy (non-hydrogen) atoms.